The molecule has 5 heteroatoms. The van der Waals surface area contributed by atoms with Crippen molar-refractivity contribution in [3.05, 3.63) is 29.8 Å². The van der Waals surface area contributed by atoms with Crippen molar-refractivity contribution < 1.29 is 8.78 Å². The van der Waals surface area contributed by atoms with Gasteiger partial charge in [0.1, 0.15) is 11.6 Å². The summed E-state index contributed by atoms with van der Waals surface area (Å²) in [4.78, 5) is 0. The van der Waals surface area contributed by atoms with Gasteiger partial charge in [-0.1, -0.05) is 6.92 Å². The summed E-state index contributed by atoms with van der Waals surface area (Å²) in [5.41, 5.74) is 0.197. The van der Waals surface area contributed by atoms with Crippen LogP contribution in [-0.2, 0) is 0 Å². The molecule has 0 spiro atoms. The van der Waals surface area contributed by atoms with Crippen LogP contribution in [0.1, 0.15) is 32.6 Å². The highest BCUT2D eigenvalue weighted by Crippen LogP contribution is 2.23. The molecule has 1 saturated carbocycles. The third-order valence-corrected chi connectivity index (χ3v) is 3.75. The second-order valence-corrected chi connectivity index (χ2v) is 5.59. The molecule has 2 N–H and O–H groups in total. The quantitative estimate of drug-likeness (QED) is 0.807. The molecular formula is C14H18F2N2S. The van der Waals surface area contributed by atoms with Crippen LogP contribution in [0.3, 0.4) is 0 Å². The van der Waals surface area contributed by atoms with E-state index >= 15 is 0 Å². The van der Waals surface area contributed by atoms with Crippen molar-refractivity contribution in [2.75, 3.05) is 5.32 Å². The summed E-state index contributed by atoms with van der Waals surface area (Å²) in [6, 6.07) is 3.74. The number of anilines is 1. The molecular weight excluding hydrogens is 266 g/mol. The molecule has 1 aliphatic carbocycles. The second-order valence-electron chi connectivity index (χ2n) is 5.18. The molecule has 0 atom stereocenters. The molecule has 0 aliphatic heterocycles. The maximum Gasteiger partial charge on any atom is 0.171 e. The van der Waals surface area contributed by atoms with Crippen LogP contribution in [0, 0.1) is 17.6 Å². The first kappa shape index (κ1) is 14.2. The Labute approximate surface area is 117 Å². The number of thiocarbonyl (C=S) groups is 1. The standard InChI is InChI=1S/C14H18F2N2S/c1-9-2-5-11(6-3-9)17-14(19)18-13-7-4-10(15)8-12(13)16/h4,7-9,11H,2-3,5-6H2,1H3,(H2,17,18,19). The Bertz CT molecular complexity index is 457. The van der Waals surface area contributed by atoms with Gasteiger partial charge in [0.05, 0.1) is 5.69 Å². The zero-order valence-electron chi connectivity index (χ0n) is 10.9. The molecule has 2 rings (SSSR count). The van der Waals surface area contributed by atoms with E-state index in [0.717, 1.165) is 24.8 Å². The van der Waals surface area contributed by atoms with Gasteiger partial charge in [-0.05, 0) is 56.0 Å². The molecule has 1 aliphatic rings. The molecule has 0 radical (unpaired) electrons. The molecule has 0 unspecified atom stereocenters. The highest BCUT2D eigenvalue weighted by Gasteiger charge is 2.18. The van der Waals surface area contributed by atoms with Gasteiger partial charge in [-0.2, -0.15) is 0 Å². The number of halogens is 2. The van der Waals surface area contributed by atoms with Gasteiger partial charge in [-0.15, -0.1) is 0 Å². The highest BCUT2D eigenvalue weighted by atomic mass is 32.1. The average Bonchev–Trinajstić information content (AvgIpc) is 2.36. The third kappa shape index (κ3) is 4.13. The van der Waals surface area contributed by atoms with E-state index in [-0.39, 0.29) is 5.69 Å². The number of hydrogen-bond acceptors (Lipinski definition) is 1. The van der Waals surface area contributed by atoms with Crippen LogP contribution in [0.15, 0.2) is 18.2 Å². The van der Waals surface area contributed by atoms with Gasteiger partial charge in [0.25, 0.3) is 0 Å². The van der Waals surface area contributed by atoms with Gasteiger partial charge in [-0.25, -0.2) is 8.78 Å². The van der Waals surface area contributed by atoms with Crippen LogP contribution in [0.2, 0.25) is 0 Å². The predicted octanol–water partition coefficient (Wildman–Crippen LogP) is 3.83. The second kappa shape index (κ2) is 6.28. The maximum atomic E-state index is 13.5. The zero-order valence-corrected chi connectivity index (χ0v) is 11.7. The molecule has 0 heterocycles. The van der Waals surface area contributed by atoms with E-state index in [1.807, 2.05) is 0 Å². The SMILES string of the molecule is CC1CCC(NC(=S)Nc2ccc(F)cc2F)CC1. The van der Waals surface area contributed by atoms with Crippen molar-refractivity contribution >= 4 is 23.0 Å². The predicted molar refractivity (Wildman–Crippen MR) is 77.1 cm³/mol. The van der Waals surface area contributed by atoms with Crippen molar-refractivity contribution in [3.63, 3.8) is 0 Å². The average molecular weight is 284 g/mol. The number of benzene rings is 1. The van der Waals surface area contributed by atoms with Gasteiger partial charge in [0, 0.05) is 12.1 Å². The lowest BCUT2D eigenvalue weighted by atomic mass is 9.87. The van der Waals surface area contributed by atoms with E-state index in [1.165, 1.54) is 25.0 Å². The van der Waals surface area contributed by atoms with Gasteiger partial charge in [0.15, 0.2) is 5.11 Å². The lowest BCUT2D eigenvalue weighted by Crippen LogP contribution is -2.39. The number of nitrogens with one attached hydrogen (secondary N) is 2. The van der Waals surface area contributed by atoms with Crippen molar-refractivity contribution in [2.45, 2.75) is 38.6 Å². The Morgan fingerprint density at radius 3 is 2.53 bits per heavy atom. The van der Waals surface area contributed by atoms with E-state index in [0.29, 0.717) is 11.2 Å². The summed E-state index contributed by atoms with van der Waals surface area (Å²) < 4.78 is 26.2. The summed E-state index contributed by atoms with van der Waals surface area (Å²) in [6.07, 6.45) is 4.53. The van der Waals surface area contributed by atoms with E-state index in [1.54, 1.807) is 0 Å². The molecule has 0 aromatic heterocycles. The third-order valence-electron chi connectivity index (χ3n) is 3.53. The monoisotopic (exact) mass is 284 g/mol. The Morgan fingerprint density at radius 1 is 1.21 bits per heavy atom. The molecule has 1 aromatic carbocycles. The Kier molecular flexibility index (Phi) is 4.69. The molecule has 19 heavy (non-hydrogen) atoms. The first-order valence-corrected chi connectivity index (χ1v) is 6.98. The molecule has 0 saturated heterocycles. The van der Waals surface area contributed by atoms with Crippen LogP contribution in [0.4, 0.5) is 14.5 Å². The van der Waals surface area contributed by atoms with Gasteiger partial charge in [-0.3, -0.25) is 0 Å². The Morgan fingerprint density at radius 2 is 1.89 bits per heavy atom. The van der Waals surface area contributed by atoms with Crippen molar-refractivity contribution in [3.8, 4) is 0 Å². The summed E-state index contributed by atoms with van der Waals surface area (Å²) >= 11 is 5.16. The molecule has 0 amide bonds. The van der Waals surface area contributed by atoms with Crippen LogP contribution in [0.5, 0.6) is 0 Å². The largest absolute Gasteiger partial charge is 0.360 e. The summed E-state index contributed by atoms with van der Waals surface area (Å²) in [6.45, 7) is 2.25. The smallest absolute Gasteiger partial charge is 0.171 e. The fraction of sp³-hybridized carbons (Fsp3) is 0.500. The first-order chi connectivity index (χ1) is 9.04. The highest BCUT2D eigenvalue weighted by molar-refractivity contribution is 7.80. The van der Waals surface area contributed by atoms with E-state index in [4.69, 9.17) is 12.2 Å². The summed E-state index contributed by atoms with van der Waals surface area (Å²) in [5.74, 6) is -0.460. The minimum absolute atomic E-state index is 0.197. The van der Waals surface area contributed by atoms with E-state index in [9.17, 15) is 8.78 Å². The lowest BCUT2D eigenvalue weighted by Gasteiger charge is -2.28. The Hall–Kier alpha value is -1.23. The van der Waals surface area contributed by atoms with E-state index < -0.39 is 11.6 Å². The van der Waals surface area contributed by atoms with Crippen molar-refractivity contribution in [1.82, 2.24) is 5.32 Å². The molecule has 1 aromatic rings. The molecule has 104 valence electrons. The van der Waals surface area contributed by atoms with E-state index in [2.05, 4.69) is 17.6 Å². The van der Waals surface area contributed by atoms with Crippen LogP contribution in [-0.4, -0.2) is 11.2 Å². The van der Waals surface area contributed by atoms with Crippen LogP contribution in [0.25, 0.3) is 0 Å². The van der Waals surface area contributed by atoms with Crippen LogP contribution >= 0.6 is 12.2 Å². The minimum atomic E-state index is -0.638. The van der Waals surface area contributed by atoms with Crippen molar-refractivity contribution in [1.29, 1.82) is 0 Å². The van der Waals surface area contributed by atoms with Gasteiger partial charge >= 0.3 is 0 Å². The number of hydrogen-bond donors (Lipinski definition) is 2. The molecule has 2 nitrogen and oxygen atoms in total. The lowest BCUT2D eigenvalue weighted by molar-refractivity contribution is 0.332. The normalized spacial score (nSPS) is 22.9. The Balaban J connectivity index is 1.87. The zero-order chi connectivity index (χ0) is 13.8. The van der Waals surface area contributed by atoms with Gasteiger partial charge < -0.3 is 10.6 Å². The fourth-order valence-electron chi connectivity index (χ4n) is 2.34. The van der Waals surface area contributed by atoms with Crippen molar-refractivity contribution in [2.24, 2.45) is 5.92 Å². The first-order valence-electron chi connectivity index (χ1n) is 6.57. The van der Waals surface area contributed by atoms with Crippen LogP contribution < -0.4 is 10.6 Å². The minimum Gasteiger partial charge on any atom is -0.360 e. The topological polar surface area (TPSA) is 24.1 Å². The molecule has 1 fully saturated rings. The van der Waals surface area contributed by atoms with Gasteiger partial charge in [0.2, 0.25) is 0 Å². The fourth-order valence-corrected chi connectivity index (χ4v) is 2.62. The summed E-state index contributed by atoms with van der Waals surface area (Å²) in [5, 5.41) is 6.36. The molecule has 0 bridgehead atoms. The number of rotatable bonds is 2. The summed E-state index contributed by atoms with van der Waals surface area (Å²) in [7, 11) is 0. The maximum absolute atomic E-state index is 13.5.